The third-order valence-corrected chi connectivity index (χ3v) is 5.39. The average Bonchev–Trinajstić information content (AvgIpc) is 2.68. The molecule has 5 heteroatoms. The molecule has 0 heterocycles. The second-order valence-corrected chi connectivity index (χ2v) is 7.54. The Hall–Kier alpha value is -2.82. The highest BCUT2D eigenvalue weighted by atomic mass is 35.5. The van der Waals surface area contributed by atoms with Gasteiger partial charge in [-0.15, -0.1) is 12.4 Å². The summed E-state index contributed by atoms with van der Waals surface area (Å²) in [5.74, 6) is 0.504. The molecule has 0 radical (unpaired) electrons. The number of rotatable bonds is 4. The molecule has 0 amide bonds. The average molecular weight is 410 g/mol. The molecule has 150 valence electrons. The fourth-order valence-corrected chi connectivity index (χ4v) is 3.78. The quantitative estimate of drug-likeness (QED) is 0.625. The number of ether oxygens (including phenoxy) is 1. The Labute approximate surface area is 176 Å². The predicted molar refractivity (Wildman–Crippen MR) is 117 cm³/mol. The highest BCUT2D eigenvalue weighted by Crippen LogP contribution is 2.36. The first kappa shape index (κ1) is 20.9. The Morgan fingerprint density at radius 2 is 1.83 bits per heavy atom. The smallest absolute Gasteiger partial charge is 0.324 e. The van der Waals surface area contributed by atoms with Crippen LogP contribution in [0.4, 0.5) is 0 Å². The minimum absolute atomic E-state index is 0. The first-order chi connectivity index (χ1) is 13.4. The zero-order valence-corrected chi connectivity index (χ0v) is 17.0. The second-order valence-electron chi connectivity index (χ2n) is 7.54. The molecule has 3 N–H and O–H groups in total. The number of nitrogens with two attached hydrogens (primary N) is 1. The summed E-state index contributed by atoms with van der Waals surface area (Å²) in [6, 6.07) is 22.1. The number of aryl methyl sites for hydroxylation is 2. The number of hydrogen-bond donors (Lipinski definition) is 2. The van der Waals surface area contributed by atoms with E-state index in [0.717, 1.165) is 28.0 Å². The Bertz CT molecular complexity index is 1050. The fraction of sp³-hybridized carbons (Fsp3) is 0.208. The standard InChI is InChI=1S/C24H23NO3.ClH/c1-16-5-4-6-18(13-16)21-7-2-3-8-22(21)28-20-10-9-17-11-12-24(25,23(26)27)15-19(17)14-20;/h2-10,13-14H,11-12,15,25H2,1H3,(H,26,27);1H. The van der Waals surface area contributed by atoms with E-state index in [1.54, 1.807) is 0 Å². The predicted octanol–water partition coefficient (Wildman–Crippen LogP) is 5.15. The number of carboxylic acid groups (broad SMARTS) is 1. The van der Waals surface area contributed by atoms with Crippen molar-refractivity contribution in [2.24, 2.45) is 5.73 Å². The summed E-state index contributed by atoms with van der Waals surface area (Å²) in [7, 11) is 0. The minimum Gasteiger partial charge on any atom is -0.480 e. The number of aliphatic carboxylic acids is 1. The molecule has 1 atom stereocenters. The van der Waals surface area contributed by atoms with E-state index in [4.69, 9.17) is 10.5 Å². The van der Waals surface area contributed by atoms with Crippen molar-refractivity contribution in [3.63, 3.8) is 0 Å². The van der Waals surface area contributed by atoms with Crippen molar-refractivity contribution in [3.8, 4) is 22.6 Å². The van der Waals surface area contributed by atoms with Crippen LogP contribution in [-0.2, 0) is 17.6 Å². The summed E-state index contributed by atoms with van der Waals surface area (Å²) in [5, 5.41) is 9.46. The van der Waals surface area contributed by atoms with E-state index in [0.29, 0.717) is 25.0 Å². The monoisotopic (exact) mass is 409 g/mol. The topological polar surface area (TPSA) is 72.5 Å². The van der Waals surface area contributed by atoms with Gasteiger partial charge in [-0.1, -0.05) is 54.1 Å². The summed E-state index contributed by atoms with van der Waals surface area (Å²) < 4.78 is 6.21. The zero-order chi connectivity index (χ0) is 19.7. The maximum absolute atomic E-state index is 11.5. The minimum atomic E-state index is -1.20. The molecule has 0 aromatic heterocycles. The summed E-state index contributed by atoms with van der Waals surface area (Å²) in [5.41, 5.74) is 10.3. The van der Waals surface area contributed by atoms with Crippen molar-refractivity contribution >= 4 is 18.4 Å². The summed E-state index contributed by atoms with van der Waals surface area (Å²) in [6.45, 7) is 2.07. The van der Waals surface area contributed by atoms with Gasteiger partial charge in [0.2, 0.25) is 0 Å². The van der Waals surface area contributed by atoms with Crippen molar-refractivity contribution in [2.45, 2.75) is 31.7 Å². The summed E-state index contributed by atoms with van der Waals surface area (Å²) >= 11 is 0. The molecule has 0 spiro atoms. The van der Waals surface area contributed by atoms with Gasteiger partial charge in [-0.05, 0) is 54.7 Å². The molecule has 0 bridgehead atoms. The van der Waals surface area contributed by atoms with Crippen LogP contribution in [0.3, 0.4) is 0 Å². The van der Waals surface area contributed by atoms with Gasteiger partial charge in [0.05, 0.1) is 0 Å². The highest BCUT2D eigenvalue weighted by molar-refractivity contribution is 5.85. The Kier molecular flexibility index (Phi) is 5.96. The molecule has 1 aliphatic rings. The van der Waals surface area contributed by atoms with E-state index >= 15 is 0 Å². The van der Waals surface area contributed by atoms with Crippen LogP contribution in [0.5, 0.6) is 11.5 Å². The van der Waals surface area contributed by atoms with Gasteiger partial charge in [0.1, 0.15) is 17.0 Å². The van der Waals surface area contributed by atoms with Gasteiger partial charge < -0.3 is 15.6 Å². The van der Waals surface area contributed by atoms with Crippen LogP contribution in [0.25, 0.3) is 11.1 Å². The van der Waals surface area contributed by atoms with Gasteiger partial charge in [0.15, 0.2) is 0 Å². The number of carbonyl (C=O) groups is 1. The number of carboxylic acids is 1. The second kappa shape index (κ2) is 8.27. The molecule has 0 fully saturated rings. The van der Waals surface area contributed by atoms with Gasteiger partial charge in [-0.3, -0.25) is 4.79 Å². The van der Waals surface area contributed by atoms with Gasteiger partial charge in [0, 0.05) is 12.0 Å². The lowest BCUT2D eigenvalue weighted by atomic mass is 9.78. The molecular weight excluding hydrogens is 386 g/mol. The number of fused-ring (bicyclic) bond motifs is 1. The fourth-order valence-electron chi connectivity index (χ4n) is 3.78. The van der Waals surface area contributed by atoms with E-state index in [2.05, 4.69) is 25.1 Å². The summed E-state index contributed by atoms with van der Waals surface area (Å²) in [6.07, 6.45) is 1.43. The number of benzene rings is 3. The summed E-state index contributed by atoms with van der Waals surface area (Å²) in [4.78, 5) is 11.5. The van der Waals surface area contributed by atoms with Crippen molar-refractivity contribution in [1.29, 1.82) is 0 Å². The molecule has 3 aromatic carbocycles. The van der Waals surface area contributed by atoms with Crippen LogP contribution in [0, 0.1) is 6.92 Å². The normalized spacial score (nSPS) is 17.7. The molecule has 0 saturated carbocycles. The maximum atomic E-state index is 11.5. The first-order valence-corrected chi connectivity index (χ1v) is 9.43. The van der Waals surface area contributed by atoms with Gasteiger partial charge in [-0.2, -0.15) is 0 Å². The van der Waals surface area contributed by atoms with Gasteiger partial charge in [-0.25, -0.2) is 0 Å². The van der Waals surface area contributed by atoms with E-state index in [1.165, 1.54) is 5.56 Å². The maximum Gasteiger partial charge on any atom is 0.324 e. The Balaban J connectivity index is 0.00000240. The lowest BCUT2D eigenvalue weighted by molar-refractivity contribution is -0.143. The molecule has 29 heavy (non-hydrogen) atoms. The molecule has 0 saturated heterocycles. The van der Waals surface area contributed by atoms with Crippen LogP contribution >= 0.6 is 12.4 Å². The SMILES string of the molecule is Cc1cccc(-c2ccccc2Oc2ccc3c(c2)CC(N)(C(=O)O)CC3)c1.Cl. The van der Waals surface area contributed by atoms with Gasteiger partial charge >= 0.3 is 5.97 Å². The van der Waals surface area contributed by atoms with Crippen molar-refractivity contribution in [2.75, 3.05) is 0 Å². The Morgan fingerprint density at radius 3 is 2.59 bits per heavy atom. The first-order valence-electron chi connectivity index (χ1n) is 9.43. The molecule has 4 rings (SSSR count). The van der Waals surface area contributed by atoms with E-state index < -0.39 is 11.5 Å². The largest absolute Gasteiger partial charge is 0.480 e. The molecule has 1 aliphatic carbocycles. The van der Waals surface area contributed by atoms with Crippen LogP contribution in [0.1, 0.15) is 23.1 Å². The van der Waals surface area contributed by atoms with Crippen LogP contribution < -0.4 is 10.5 Å². The van der Waals surface area contributed by atoms with Crippen molar-refractivity contribution < 1.29 is 14.6 Å². The third kappa shape index (κ3) is 4.29. The third-order valence-electron chi connectivity index (χ3n) is 5.39. The van der Waals surface area contributed by atoms with Gasteiger partial charge in [0.25, 0.3) is 0 Å². The van der Waals surface area contributed by atoms with Crippen LogP contribution in [0.15, 0.2) is 66.7 Å². The molecular formula is C24H24ClNO3. The van der Waals surface area contributed by atoms with E-state index in [1.807, 2.05) is 48.5 Å². The number of hydrogen-bond acceptors (Lipinski definition) is 3. The van der Waals surface area contributed by atoms with E-state index in [-0.39, 0.29) is 12.4 Å². The molecule has 4 nitrogen and oxygen atoms in total. The molecule has 3 aromatic rings. The lowest BCUT2D eigenvalue weighted by Gasteiger charge is -2.31. The van der Waals surface area contributed by atoms with Crippen LogP contribution in [-0.4, -0.2) is 16.6 Å². The van der Waals surface area contributed by atoms with Crippen LogP contribution in [0.2, 0.25) is 0 Å². The van der Waals surface area contributed by atoms with Crippen molar-refractivity contribution in [1.82, 2.24) is 0 Å². The zero-order valence-electron chi connectivity index (χ0n) is 16.2. The molecule has 1 unspecified atom stereocenters. The van der Waals surface area contributed by atoms with Crippen molar-refractivity contribution in [3.05, 3.63) is 83.4 Å². The van der Waals surface area contributed by atoms with E-state index in [9.17, 15) is 9.90 Å². The highest BCUT2D eigenvalue weighted by Gasteiger charge is 2.37. The number of para-hydroxylation sites is 1. The lowest BCUT2D eigenvalue weighted by Crippen LogP contribution is -2.52. The number of halogens is 1. The molecule has 0 aliphatic heterocycles. The Morgan fingerprint density at radius 1 is 1.03 bits per heavy atom.